The van der Waals surface area contributed by atoms with Gasteiger partial charge in [-0.1, -0.05) is 50.5 Å². The Hall–Kier alpha value is -2.10. The van der Waals surface area contributed by atoms with Crippen LogP contribution in [-0.4, -0.2) is 24.6 Å². The van der Waals surface area contributed by atoms with Gasteiger partial charge in [0.05, 0.1) is 12.0 Å². The largest absolute Gasteiger partial charge is 0.465 e. The van der Waals surface area contributed by atoms with Crippen molar-refractivity contribution in [2.45, 2.75) is 97.0 Å². The molecule has 4 nitrogen and oxygen atoms in total. The molecule has 2 aliphatic rings. The molecule has 0 N–H and O–H groups in total. The van der Waals surface area contributed by atoms with Gasteiger partial charge in [0.1, 0.15) is 6.10 Å². The Bertz CT molecular complexity index is 771. The van der Waals surface area contributed by atoms with Gasteiger partial charge in [0, 0.05) is 6.08 Å². The van der Waals surface area contributed by atoms with E-state index in [1.54, 1.807) is 0 Å². The van der Waals surface area contributed by atoms with Gasteiger partial charge in [-0.25, -0.2) is 4.79 Å². The van der Waals surface area contributed by atoms with Crippen molar-refractivity contribution < 1.29 is 19.1 Å². The maximum Gasteiger partial charge on any atom is 0.331 e. The van der Waals surface area contributed by atoms with E-state index < -0.39 is 5.41 Å². The fourth-order valence-corrected chi connectivity index (χ4v) is 4.72. The Morgan fingerprint density at radius 2 is 1.72 bits per heavy atom. The summed E-state index contributed by atoms with van der Waals surface area (Å²) in [5.74, 6) is 0.514. The first-order chi connectivity index (χ1) is 15.4. The molecular weight excluding hydrogens is 400 g/mol. The van der Waals surface area contributed by atoms with Gasteiger partial charge in [0.2, 0.25) is 0 Å². The highest BCUT2D eigenvalue weighted by molar-refractivity contribution is 5.87. The van der Waals surface area contributed by atoms with E-state index in [1.807, 2.05) is 26.8 Å². The molecular formula is C28H40O4. The minimum absolute atomic E-state index is 0.0996. The highest BCUT2D eigenvalue weighted by atomic mass is 16.5. The molecule has 2 atom stereocenters. The molecule has 0 radical (unpaired) electrons. The summed E-state index contributed by atoms with van der Waals surface area (Å²) in [6.07, 6.45) is 14.3. The molecule has 0 aromatic heterocycles. The van der Waals surface area contributed by atoms with Crippen LogP contribution in [0.2, 0.25) is 0 Å². The standard InChI is InChI=1S/C28H40O4/c1-4-28(2,3)27(30)31-20-22-9-8-12-25(19-22)32-26(29)18-15-21-13-16-24(17-14-21)23-10-6-5-7-11-23/h13-18,22-23,25H,4-12,19-20H2,1-3H3/b18-15+. The topological polar surface area (TPSA) is 52.6 Å². The average molecular weight is 441 g/mol. The highest BCUT2D eigenvalue weighted by Crippen LogP contribution is 2.33. The molecule has 0 amide bonds. The first-order valence-corrected chi connectivity index (χ1v) is 12.5. The van der Waals surface area contributed by atoms with Crippen molar-refractivity contribution in [1.82, 2.24) is 0 Å². The monoisotopic (exact) mass is 440 g/mol. The second kappa shape index (κ2) is 11.7. The SMILES string of the molecule is CCC(C)(C)C(=O)OCC1CCCC(OC(=O)/C=C/c2ccc(C3CCCCC3)cc2)C1. The van der Waals surface area contributed by atoms with Crippen molar-refractivity contribution in [3.05, 3.63) is 41.5 Å². The van der Waals surface area contributed by atoms with Crippen molar-refractivity contribution in [3.8, 4) is 0 Å². The first-order valence-electron chi connectivity index (χ1n) is 12.5. The molecule has 3 rings (SSSR count). The number of benzene rings is 1. The van der Waals surface area contributed by atoms with E-state index in [-0.39, 0.29) is 24.0 Å². The van der Waals surface area contributed by atoms with Crippen molar-refractivity contribution in [1.29, 1.82) is 0 Å². The minimum Gasteiger partial charge on any atom is -0.465 e. The van der Waals surface area contributed by atoms with Gasteiger partial charge in [0.25, 0.3) is 0 Å². The summed E-state index contributed by atoms with van der Waals surface area (Å²) >= 11 is 0. The lowest BCUT2D eigenvalue weighted by atomic mass is 9.84. The average Bonchev–Trinajstić information content (AvgIpc) is 2.82. The van der Waals surface area contributed by atoms with Gasteiger partial charge >= 0.3 is 11.9 Å². The first kappa shape index (κ1) is 24.5. The Morgan fingerprint density at radius 1 is 1.00 bits per heavy atom. The molecule has 2 fully saturated rings. The predicted octanol–water partition coefficient (Wildman–Crippen LogP) is 6.83. The number of hydrogen-bond donors (Lipinski definition) is 0. The maximum atomic E-state index is 12.3. The Morgan fingerprint density at radius 3 is 2.41 bits per heavy atom. The van der Waals surface area contributed by atoms with E-state index >= 15 is 0 Å². The van der Waals surface area contributed by atoms with Crippen LogP contribution in [0, 0.1) is 11.3 Å². The van der Waals surface area contributed by atoms with Gasteiger partial charge < -0.3 is 9.47 Å². The van der Waals surface area contributed by atoms with Gasteiger partial charge in [-0.15, -0.1) is 0 Å². The molecule has 176 valence electrons. The number of ether oxygens (including phenoxy) is 2. The molecule has 2 unspecified atom stereocenters. The summed E-state index contributed by atoms with van der Waals surface area (Å²) in [6.45, 7) is 6.24. The molecule has 1 aromatic rings. The zero-order chi connectivity index (χ0) is 23.0. The number of rotatable bonds is 8. The Labute approximate surface area is 193 Å². The third-order valence-corrected chi connectivity index (χ3v) is 7.33. The van der Waals surface area contributed by atoms with Crippen LogP contribution in [0.1, 0.15) is 102 Å². The van der Waals surface area contributed by atoms with Gasteiger partial charge in [0.15, 0.2) is 0 Å². The number of carbonyl (C=O) groups excluding carboxylic acids is 2. The third-order valence-electron chi connectivity index (χ3n) is 7.33. The maximum absolute atomic E-state index is 12.3. The molecule has 32 heavy (non-hydrogen) atoms. The zero-order valence-electron chi connectivity index (χ0n) is 20.1. The molecule has 0 heterocycles. The molecule has 4 heteroatoms. The van der Waals surface area contributed by atoms with Gasteiger partial charge in [-0.2, -0.15) is 0 Å². The number of carbonyl (C=O) groups is 2. The number of hydrogen-bond acceptors (Lipinski definition) is 4. The molecule has 0 saturated heterocycles. The van der Waals surface area contributed by atoms with Gasteiger partial charge in [-0.05, 0) is 87.8 Å². The summed E-state index contributed by atoms with van der Waals surface area (Å²) in [5, 5.41) is 0. The summed E-state index contributed by atoms with van der Waals surface area (Å²) < 4.78 is 11.2. The van der Waals surface area contributed by atoms with Crippen LogP contribution in [-0.2, 0) is 19.1 Å². The fraction of sp³-hybridized carbons (Fsp3) is 0.643. The predicted molar refractivity (Wildman–Crippen MR) is 128 cm³/mol. The van der Waals surface area contributed by atoms with E-state index in [4.69, 9.17) is 9.47 Å². The van der Waals surface area contributed by atoms with E-state index in [0.29, 0.717) is 12.5 Å². The zero-order valence-corrected chi connectivity index (χ0v) is 20.1. The molecule has 0 spiro atoms. The van der Waals surface area contributed by atoms with E-state index in [9.17, 15) is 9.59 Å². The molecule has 1 aromatic carbocycles. The Balaban J connectivity index is 1.43. The molecule has 0 bridgehead atoms. The van der Waals surface area contributed by atoms with E-state index in [2.05, 4.69) is 24.3 Å². The van der Waals surface area contributed by atoms with Gasteiger partial charge in [-0.3, -0.25) is 4.79 Å². The lowest BCUT2D eigenvalue weighted by Crippen LogP contribution is -2.31. The van der Waals surface area contributed by atoms with Crippen LogP contribution in [0.4, 0.5) is 0 Å². The Kier molecular flexibility index (Phi) is 8.95. The van der Waals surface area contributed by atoms with Crippen LogP contribution in [0.3, 0.4) is 0 Å². The highest BCUT2D eigenvalue weighted by Gasteiger charge is 2.30. The summed E-state index contributed by atoms with van der Waals surface area (Å²) in [6, 6.07) is 8.59. The lowest BCUT2D eigenvalue weighted by Gasteiger charge is -2.29. The summed E-state index contributed by atoms with van der Waals surface area (Å²) in [5.41, 5.74) is 1.99. The second-order valence-corrected chi connectivity index (χ2v) is 10.3. The summed E-state index contributed by atoms with van der Waals surface area (Å²) in [7, 11) is 0. The quantitative estimate of drug-likeness (QED) is 0.328. The second-order valence-electron chi connectivity index (χ2n) is 10.3. The minimum atomic E-state index is -0.445. The van der Waals surface area contributed by atoms with E-state index in [0.717, 1.165) is 37.7 Å². The lowest BCUT2D eigenvalue weighted by molar-refractivity contribution is -0.157. The van der Waals surface area contributed by atoms with Crippen LogP contribution < -0.4 is 0 Å². The molecule has 2 aliphatic carbocycles. The molecule has 0 aliphatic heterocycles. The summed E-state index contributed by atoms with van der Waals surface area (Å²) in [4.78, 5) is 24.6. The van der Waals surface area contributed by atoms with Crippen LogP contribution >= 0.6 is 0 Å². The van der Waals surface area contributed by atoms with Crippen molar-refractivity contribution >= 4 is 18.0 Å². The van der Waals surface area contributed by atoms with Crippen molar-refractivity contribution in [2.75, 3.05) is 6.61 Å². The normalized spacial score (nSPS) is 22.6. The van der Waals surface area contributed by atoms with E-state index in [1.165, 1.54) is 43.7 Å². The van der Waals surface area contributed by atoms with Crippen LogP contribution in [0.25, 0.3) is 6.08 Å². The fourth-order valence-electron chi connectivity index (χ4n) is 4.72. The number of esters is 2. The third kappa shape index (κ3) is 7.21. The smallest absolute Gasteiger partial charge is 0.331 e. The van der Waals surface area contributed by atoms with Crippen molar-refractivity contribution in [2.24, 2.45) is 11.3 Å². The van der Waals surface area contributed by atoms with Crippen LogP contribution in [0.15, 0.2) is 30.3 Å². The van der Waals surface area contributed by atoms with Crippen molar-refractivity contribution in [3.63, 3.8) is 0 Å². The van der Waals surface area contributed by atoms with Crippen LogP contribution in [0.5, 0.6) is 0 Å². The molecule has 2 saturated carbocycles.